The first-order valence-corrected chi connectivity index (χ1v) is 5.37. The molecule has 4 nitrogen and oxygen atoms in total. The van der Waals surface area contributed by atoms with E-state index in [0.29, 0.717) is 5.56 Å². The molecule has 4 heteroatoms. The smallest absolute Gasteiger partial charge is 0.335 e. The number of pyridine rings is 1. The number of rotatable bonds is 3. The molecule has 1 N–H and O–H groups in total. The van der Waals surface area contributed by atoms with Crippen LogP contribution in [0.4, 0.5) is 0 Å². The number of hydrogen-bond acceptors (Lipinski definition) is 3. The molecule has 0 radical (unpaired) electrons. The van der Waals surface area contributed by atoms with E-state index in [1.54, 1.807) is 24.4 Å². The highest BCUT2D eigenvalue weighted by molar-refractivity contribution is 5.95. The van der Waals surface area contributed by atoms with Gasteiger partial charge in [0.25, 0.3) is 0 Å². The SMILES string of the molecule is CC(=O)c1cncc(-c2ccc(C(=O)O)cc2)c1. The Morgan fingerprint density at radius 2 is 1.67 bits per heavy atom. The highest BCUT2D eigenvalue weighted by Gasteiger charge is 2.05. The maximum absolute atomic E-state index is 11.3. The third-order valence-electron chi connectivity index (χ3n) is 2.61. The van der Waals surface area contributed by atoms with E-state index in [1.165, 1.54) is 25.3 Å². The molecule has 1 heterocycles. The van der Waals surface area contributed by atoms with Gasteiger partial charge in [-0.1, -0.05) is 12.1 Å². The zero-order valence-corrected chi connectivity index (χ0v) is 9.75. The van der Waals surface area contributed by atoms with E-state index in [9.17, 15) is 9.59 Å². The molecule has 90 valence electrons. The van der Waals surface area contributed by atoms with Crippen molar-refractivity contribution in [3.8, 4) is 11.1 Å². The summed E-state index contributed by atoms with van der Waals surface area (Å²) in [5, 5.41) is 8.81. The molecular formula is C14H11NO3. The molecule has 0 spiro atoms. The van der Waals surface area contributed by atoms with E-state index >= 15 is 0 Å². The van der Waals surface area contributed by atoms with Crippen LogP contribution in [0.2, 0.25) is 0 Å². The van der Waals surface area contributed by atoms with E-state index in [-0.39, 0.29) is 11.3 Å². The van der Waals surface area contributed by atoms with Gasteiger partial charge >= 0.3 is 5.97 Å². The lowest BCUT2D eigenvalue weighted by atomic mass is 10.0. The average Bonchev–Trinajstić information content (AvgIpc) is 2.39. The van der Waals surface area contributed by atoms with Crippen LogP contribution >= 0.6 is 0 Å². The minimum absolute atomic E-state index is 0.0495. The number of aromatic carboxylic acids is 1. The van der Waals surface area contributed by atoms with Crippen LogP contribution in [0.15, 0.2) is 42.7 Å². The van der Waals surface area contributed by atoms with Gasteiger partial charge in [0.2, 0.25) is 0 Å². The van der Waals surface area contributed by atoms with Crippen LogP contribution in [0.3, 0.4) is 0 Å². The van der Waals surface area contributed by atoms with Crippen LogP contribution in [0.5, 0.6) is 0 Å². The summed E-state index contributed by atoms with van der Waals surface area (Å²) in [7, 11) is 0. The first kappa shape index (κ1) is 12.0. The monoisotopic (exact) mass is 241 g/mol. The van der Waals surface area contributed by atoms with Gasteiger partial charge in [-0.25, -0.2) is 4.79 Å². The zero-order valence-electron chi connectivity index (χ0n) is 9.75. The molecule has 2 aromatic rings. The first-order chi connectivity index (χ1) is 8.58. The van der Waals surface area contributed by atoms with Crippen molar-refractivity contribution in [1.29, 1.82) is 0 Å². The van der Waals surface area contributed by atoms with E-state index in [4.69, 9.17) is 5.11 Å². The first-order valence-electron chi connectivity index (χ1n) is 5.37. The number of benzene rings is 1. The highest BCUT2D eigenvalue weighted by atomic mass is 16.4. The molecule has 1 aromatic carbocycles. The van der Waals surface area contributed by atoms with Crippen molar-refractivity contribution in [2.24, 2.45) is 0 Å². The predicted molar refractivity (Wildman–Crippen MR) is 66.6 cm³/mol. The van der Waals surface area contributed by atoms with E-state index in [1.807, 2.05) is 0 Å². The van der Waals surface area contributed by atoms with Crippen molar-refractivity contribution in [1.82, 2.24) is 4.98 Å². The molecule has 2 rings (SSSR count). The van der Waals surface area contributed by atoms with Crippen LogP contribution in [-0.2, 0) is 0 Å². The summed E-state index contributed by atoms with van der Waals surface area (Å²) in [6.45, 7) is 1.48. The van der Waals surface area contributed by atoms with Crippen LogP contribution in [0, 0.1) is 0 Å². The van der Waals surface area contributed by atoms with Crippen molar-refractivity contribution in [2.45, 2.75) is 6.92 Å². The summed E-state index contributed by atoms with van der Waals surface area (Å²) < 4.78 is 0. The van der Waals surface area contributed by atoms with E-state index < -0.39 is 5.97 Å². The maximum Gasteiger partial charge on any atom is 0.335 e. The quantitative estimate of drug-likeness (QED) is 0.839. The Balaban J connectivity index is 2.39. The summed E-state index contributed by atoms with van der Waals surface area (Å²) in [5.74, 6) is -1.01. The lowest BCUT2D eigenvalue weighted by Crippen LogP contribution is -1.96. The molecule has 0 saturated carbocycles. The number of nitrogens with zero attached hydrogens (tertiary/aromatic N) is 1. The molecule has 0 amide bonds. The summed E-state index contributed by atoms with van der Waals surface area (Å²) in [5.41, 5.74) is 2.39. The molecule has 1 aromatic heterocycles. The molecule has 0 fully saturated rings. The molecular weight excluding hydrogens is 230 g/mol. The lowest BCUT2D eigenvalue weighted by molar-refractivity contribution is 0.0696. The van der Waals surface area contributed by atoms with Gasteiger partial charge in [0.05, 0.1) is 5.56 Å². The number of aromatic nitrogens is 1. The van der Waals surface area contributed by atoms with Crippen LogP contribution < -0.4 is 0 Å². The molecule has 0 saturated heterocycles. The zero-order chi connectivity index (χ0) is 13.1. The third-order valence-corrected chi connectivity index (χ3v) is 2.61. The van der Waals surface area contributed by atoms with Gasteiger partial charge in [0.1, 0.15) is 0 Å². The maximum atomic E-state index is 11.3. The van der Waals surface area contributed by atoms with Crippen molar-refractivity contribution in [2.75, 3.05) is 0 Å². The minimum atomic E-state index is -0.961. The number of carbonyl (C=O) groups excluding carboxylic acids is 1. The lowest BCUT2D eigenvalue weighted by Gasteiger charge is -2.03. The second-order valence-corrected chi connectivity index (χ2v) is 3.90. The average molecular weight is 241 g/mol. The summed E-state index contributed by atoms with van der Waals surface area (Å²) in [6.07, 6.45) is 3.15. The van der Waals surface area contributed by atoms with E-state index in [2.05, 4.69) is 4.98 Å². The fourth-order valence-electron chi connectivity index (χ4n) is 1.60. The minimum Gasteiger partial charge on any atom is -0.478 e. The normalized spacial score (nSPS) is 10.1. The number of hydrogen-bond donors (Lipinski definition) is 1. The summed E-state index contributed by atoms with van der Waals surface area (Å²) in [4.78, 5) is 26.0. The predicted octanol–water partition coefficient (Wildman–Crippen LogP) is 2.65. The van der Waals surface area contributed by atoms with Gasteiger partial charge in [-0.15, -0.1) is 0 Å². The van der Waals surface area contributed by atoms with Gasteiger partial charge in [0.15, 0.2) is 5.78 Å². The molecule has 18 heavy (non-hydrogen) atoms. The van der Waals surface area contributed by atoms with Crippen LogP contribution in [0.1, 0.15) is 27.6 Å². The van der Waals surface area contributed by atoms with Gasteiger partial charge in [0, 0.05) is 23.5 Å². The Morgan fingerprint density at radius 1 is 1.00 bits per heavy atom. The second-order valence-electron chi connectivity index (χ2n) is 3.90. The van der Waals surface area contributed by atoms with Gasteiger partial charge in [-0.3, -0.25) is 9.78 Å². The molecule has 0 aliphatic heterocycles. The molecule has 0 atom stereocenters. The van der Waals surface area contributed by atoms with Crippen molar-refractivity contribution in [3.63, 3.8) is 0 Å². The van der Waals surface area contributed by atoms with Crippen LogP contribution in [-0.4, -0.2) is 21.8 Å². The Labute approximate surface area is 104 Å². The number of ketones is 1. The number of Topliss-reactive ketones (excluding diaryl/α,β-unsaturated/α-hetero) is 1. The van der Waals surface area contributed by atoms with Gasteiger partial charge in [-0.2, -0.15) is 0 Å². The number of carboxylic acids is 1. The number of carboxylic acid groups (broad SMARTS) is 1. The molecule has 0 aliphatic carbocycles. The Morgan fingerprint density at radius 3 is 2.22 bits per heavy atom. The topological polar surface area (TPSA) is 67.3 Å². The van der Waals surface area contributed by atoms with Crippen molar-refractivity contribution >= 4 is 11.8 Å². The third kappa shape index (κ3) is 2.43. The largest absolute Gasteiger partial charge is 0.478 e. The second kappa shape index (κ2) is 4.79. The van der Waals surface area contributed by atoms with Crippen molar-refractivity contribution in [3.05, 3.63) is 53.9 Å². The molecule has 0 bridgehead atoms. The summed E-state index contributed by atoms with van der Waals surface area (Å²) in [6, 6.07) is 8.19. The summed E-state index contributed by atoms with van der Waals surface area (Å²) >= 11 is 0. The van der Waals surface area contributed by atoms with Gasteiger partial charge < -0.3 is 5.11 Å². The highest BCUT2D eigenvalue weighted by Crippen LogP contribution is 2.20. The molecule has 0 unspecified atom stereocenters. The van der Waals surface area contributed by atoms with Gasteiger partial charge in [-0.05, 0) is 30.7 Å². The van der Waals surface area contributed by atoms with Crippen molar-refractivity contribution < 1.29 is 14.7 Å². The Kier molecular flexibility index (Phi) is 3.19. The fourth-order valence-corrected chi connectivity index (χ4v) is 1.60. The van der Waals surface area contributed by atoms with E-state index in [0.717, 1.165) is 11.1 Å². The fraction of sp³-hybridized carbons (Fsp3) is 0.0714. The number of carbonyl (C=O) groups is 2. The van der Waals surface area contributed by atoms with Crippen LogP contribution in [0.25, 0.3) is 11.1 Å². The standard InChI is InChI=1S/C14H11NO3/c1-9(16)12-6-13(8-15-7-12)10-2-4-11(5-3-10)14(17)18/h2-8H,1H3,(H,17,18). The molecule has 0 aliphatic rings. The Hall–Kier alpha value is -2.49. The Bertz CT molecular complexity index is 603.